The largest absolute Gasteiger partial charge is 0.456 e. The van der Waals surface area contributed by atoms with Crippen LogP contribution in [0.4, 0.5) is 0 Å². The fourth-order valence-electron chi connectivity index (χ4n) is 8.31. The molecule has 0 radical (unpaired) electrons. The highest BCUT2D eigenvalue weighted by atomic mass is 16.3. The molecule has 46 heavy (non-hydrogen) atoms. The summed E-state index contributed by atoms with van der Waals surface area (Å²) in [5.41, 5.74) is 12.3. The predicted octanol–water partition coefficient (Wildman–Crippen LogP) is 12.7. The van der Waals surface area contributed by atoms with E-state index >= 15 is 0 Å². The lowest BCUT2D eigenvalue weighted by Gasteiger charge is -2.22. The molecule has 0 N–H and O–H groups in total. The molecule has 9 aromatic rings. The molecule has 0 atom stereocenters. The lowest BCUT2D eigenvalue weighted by molar-refractivity contribution is 0.661. The molecule has 0 saturated carbocycles. The minimum absolute atomic E-state index is 0.0584. The fourth-order valence-corrected chi connectivity index (χ4v) is 8.31. The minimum atomic E-state index is -0.0584. The number of fused-ring (bicyclic) bond motifs is 10. The summed E-state index contributed by atoms with van der Waals surface area (Å²) in [5.74, 6) is 0. The first-order valence-electron chi connectivity index (χ1n) is 16.1. The molecular formula is C45H30O. The Bertz CT molecular complexity index is 2660. The van der Waals surface area contributed by atoms with Gasteiger partial charge < -0.3 is 4.42 Å². The number of rotatable bonds is 2. The Hall–Kier alpha value is -5.66. The molecule has 0 saturated heterocycles. The zero-order valence-electron chi connectivity index (χ0n) is 25.8. The van der Waals surface area contributed by atoms with E-state index in [1.807, 2.05) is 12.1 Å². The molecule has 0 fully saturated rings. The summed E-state index contributed by atoms with van der Waals surface area (Å²) in [4.78, 5) is 0. The van der Waals surface area contributed by atoms with E-state index in [4.69, 9.17) is 4.42 Å². The average Bonchev–Trinajstić information content (AvgIpc) is 3.58. The zero-order valence-corrected chi connectivity index (χ0v) is 25.8. The average molecular weight is 587 g/mol. The Morgan fingerprint density at radius 3 is 1.61 bits per heavy atom. The van der Waals surface area contributed by atoms with Crippen LogP contribution < -0.4 is 0 Å². The maximum atomic E-state index is 6.20. The van der Waals surface area contributed by atoms with Crippen LogP contribution in [0, 0.1) is 0 Å². The Morgan fingerprint density at radius 1 is 0.391 bits per heavy atom. The van der Waals surface area contributed by atoms with Gasteiger partial charge in [-0.3, -0.25) is 0 Å². The van der Waals surface area contributed by atoms with Crippen LogP contribution in [0.25, 0.3) is 87.6 Å². The molecule has 0 aliphatic heterocycles. The van der Waals surface area contributed by atoms with E-state index in [0.717, 1.165) is 21.9 Å². The Labute approximate surface area is 267 Å². The van der Waals surface area contributed by atoms with Crippen LogP contribution in [0.1, 0.15) is 25.0 Å². The lowest BCUT2D eigenvalue weighted by atomic mass is 9.81. The smallest absolute Gasteiger partial charge is 0.135 e. The molecule has 1 aliphatic rings. The van der Waals surface area contributed by atoms with Crippen molar-refractivity contribution >= 4 is 54.3 Å². The van der Waals surface area contributed by atoms with Crippen molar-refractivity contribution in [1.82, 2.24) is 0 Å². The summed E-state index contributed by atoms with van der Waals surface area (Å²) in [7, 11) is 0. The molecule has 0 bridgehead atoms. The molecule has 8 aromatic carbocycles. The molecule has 1 heteroatoms. The predicted molar refractivity (Wildman–Crippen MR) is 195 cm³/mol. The Morgan fingerprint density at radius 2 is 0.913 bits per heavy atom. The van der Waals surface area contributed by atoms with Crippen LogP contribution in [-0.2, 0) is 5.41 Å². The second kappa shape index (κ2) is 9.19. The van der Waals surface area contributed by atoms with Crippen LogP contribution in [0.15, 0.2) is 150 Å². The zero-order chi connectivity index (χ0) is 30.6. The van der Waals surface area contributed by atoms with E-state index in [2.05, 4.69) is 147 Å². The first kappa shape index (κ1) is 25.6. The first-order valence-corrected chi connectivity index (χ1v) is 16.1. The van der Waals surface area contributed by atoms with Gasteiger partial charge in [0.2, 0.25) is 0 Å². The van der Waals surface area contributed by atoms with Gasteiger partial charge in [0.05, 0.1) is 0 Å². The van der Waals surface area contributed by atoms with Crippen molar-refractivity contribution in [2.45, 2.75) is 19.3 Å². The highest BCUT2D eigenvalue weighted by molar-refractivity contribution is 6.22. The van der Waals surface area contributed by atoms with Crippen molar-refractivity contribution in [2.24, 2.45) is 0 Å². The second-order valence-corrected chi connectivity index (χ2v) is 13.2. The van der Waals surface area contributed by atoms with Gasteiger partial charge in [0.25, 0.3) is 0 Å². The summed E-state index contributed by atoms with van der Waals surface area (Å²) in [6.07, 6.45) is 0. The van der Waals surface area contributed by atoms with E-state index in [-0.39, 0.29) is 5.41 Å². The lowest BCUT2D eigenvalue weighted by Crippen LogP contribution is -2.14. The molecule has 0 spiro atoms. The third kappa shape index (κ3) is 3.40. The van der Waals surface area contributed by atoms with Crippen molar-refractivity contribution in [3.63, 3.8) is 0 Å². The van der Waals surface area contributed by atoms with Crippen LogP contribution in [-0.4, -0.2) is 0 Å². The second-order valence-electron chi connectivity index (χ2n) is 13.2. The standard InChI is InChI=1S/C45H30O/c1-45(2)38-22-20-28(26-37(38)44-30-12-4-3-11-27(30)19-23-39(44)45)42-32-14-5-7-16-34(32)43(35-17-8-6-15-33(35)42)29-21-24-41-36(25-29)31-13-9-10-18-40(31)46-41/h3-26H,1-2H3. The molecule has 0 amide bonds. The minimum Gasteiger partial charge on any atom is -0.456 e. The van der Waals surface area contributed by atoms with Crippen molar-refractivity contribution in [2.75, 3.05) is 0 Å². The van der Waals surface area contributed by atoms with Gasteiger partial charge in [0.1, 0.15) is 11.2 Å². The molecule has 216 valence electrons. The number of benzene rings is 8. The Balaban J connectivity index is 1.27. The van der Waals surface area contributed by atoms with E-state index < -0.39 is 0 Å². The summed E-state index contributed by atoms with van der Waals surface area (Å²) < 4.78 is 6.20. The van der Waals surface area contributed by atoms with Crippen LogP contribution in [0.3, 0.4) is 0 Å². The number of hydrogen-bond acceptors (Lipinski definition) is 1. The van der Waals surface area contributed by atoms with E-state index in [1.54, 1.807) is 0 Å². The number of para-hydroxylation sites is 1. The topological polar surface area (TPSA) is 13.1 Å². The molecule has 0 unspecified atom stereocenters. The van der Waals surface area contributed by atoms with Crippen molar-refractivity contribution in [3.05, 3.63) is 157 Å². The third-order valence-corrected chi connectivity index (χ3v) is 10.5. The molecule has 1 nitrogen and oxygen atoms in total. The molecular weight excluding hydrogens is 556 g/mol. The van der Waals surface area contributed by atoms with Crippen molar-refractivity contribution in [3.8, 4) is 33.4 Å². The van der Waals surface area contributed by atoms with Gasteiger partial charge >= 0.3 is 0 Å². The highest BCUT2D eigenvalue weighted by Crippen LogP contribution is 2.53. The number of hydrogen-bond donors (Lipinski definition) is 0. The summed E-state index contributed by atoms with van der Waals surface area (Å²) in [6, 6.07) is 53.5. The van der Waals surface area contributed by atoms with Gasteiger partial charge in [-0.15, -0.1) is 0 Å². The van der Waals surface area contributed by atoms with Crippen molar-refractivity contribution < 1.29 is 4.42 Å². The molecule has 1 heterocycles. The van der Waals surface area contributed by atoms with E-state index in [9.17, 15) is 0 Å². The van der Waals surface area contributed by atoms with Gasteiger partial charge in [0, 0.05) is 16.2 Å². The highest BCUT2D eigenvalue weighted by Gasteiger charge is 2.36. The fraction of sp³-hybridized carbons (Fsp3) is 0.0667. The van der Waals surface area contributed by atoms with E-state index in [1.165, 1.54) is 76.8 Å². The first-order chi connectivity index (χ1) is 22.6. The summed E-state index contributed by atoms with van der Waals surface area (Å²) >= 11 is 0. The van der Waals surface area contributed by atoms with E-state index in [0.29, 0.717) is 0 Å². The van der Waals surface area contributed by atoms with Crippen LogP contribution in [0.5, 0.6) is 0 Å². The monoisotopic (exact) mass is 586 g/mol. The summed E-state index contributed by atoms with van der Waals surface area (Å²) in [5, 5.41) is 9.97. The van der Waals surface area contributed by atoms with Gasteiger partial charge in [0.15, 0.2) is 0 Å². The molecule has 1 aliphatic carbocycles. The maximum Gasteiger partial charge on any atom is 0.135 e. The van der Waals surface area contributed by atoms with Gasteiger partial charge in [-0.25, -0.2) is 0 Å². The van der Waals surface area contributed by atoms with Crippen LogP contribution >= 0.6 is 0 Å². The van der Waals surface area contributed by atoms with Gasteiger partial charge in [-0.05, 0) is 101 Å². The molecule has 1 aromatic heterocycles. The van der Waals surface area contributed by atoms with Gasteiger partial charge in [-0.2, -0.15) is 0 Å². The van der Waals surface area contributed by atoms with Crippen molar-refractivity contribution in [1.29, 1.82) is 0 Å². The maximum absolute atomic E-state index is 6.20. The van der Waals surface area contributed by atoms with Crippen LogP contribution in [0.2, 0.25) is 0 Å². The third-order valence-electron chi connectivity index (χ3n) is 10.5. The normalized spacial score (nSPS) is 13.6. The quantitative estimate of drug-likeness (QED) is 0.184. The Kier molecular flexibility index (Phi) is 5.12. The SMILES string of the molecule is CC1(C)c2ccc(-c3c4ccccc4c(-c4ccc5oc6ccccc6c5c4)c4ccccc34)cc2-c2c1ccc1ccccc21. The summed E-state index contributed by atoms with van der Waals surface area (Å²) in [6.45, 7) is 4.73. The molecule has 10 rings (SSSR count). The number of furan rings is 1. The van der Waals surface area contributed by atoms with Gasteiger partial charge in [-0.1, -0.05) is 135 Å².